The van der Waals surface area contributed by atoms with Gasteiger partial charge in [0.15, 0.2) is 0 Å². The first kappa shape index (κ1) is 21.0. The number of hydrogen-bond acceptors (Lipinski definition) is 4. The van der Waals surface area contributed by atoms with E-state index in [1.165, 1.54) is 11.3 Å². The lowest BCUT2D eigenvalue weighted by molar-refractivity contribution is 0.103. The smallest absolute Gasteiger partial charge is 0.295 e. The molecule has 0 radical (unpaired) electrons. The quantitative estimate of drug-likeness (QED) is 0.422. The number of aromatic nitrogens is 4. The fourth-order valence-electron chi connectivity index (χ4n) is 3.98. The molecule has 2 aromatic carbocycles. The second-order valence-corrected chi connectivity index (χ2v) is 8.98. The third-order valence-corrected chi connectivity index (χ3v) is 6.95. The molecule has 0 aliphatic heterocycles. The second-order valence-electron chi connectivity index (χ2n) is 7.95. The Hall–Kier alpha value is -3.91. The number of para-hydroxylation sites is 1. The van der Waals surface area contributed by atoms with E-state index in [2.05, 4.69) is 22.5 Å². The Morgan fingerprint density at radius 2 is 1.70 bits per heavy atom. The number of carbonyl (C=O) groups is 1. The molecule has 1 N–H and O–H groups in total. The fourth-order valence-corrected chi connectivity index (χ4v) is 5.03. The van der Waals surface area contributed by atoms with Crippen molar-refractivity contribution in [3.8, 4) is 5.69 Å². The predicted octanol–water partition coefficient (Wildman–Crippen LogP) is 4.50. The maximum absolute atomic E-state index is 13.1. The van der Waals surface area contributed by atoms with Crippen LogP contribution in [0.4, 0.5) is 5.69 Å². The minimum absolute atomic E-state index is 0.262. The monoisotopic (exact) mass is 457 g/mol. The van der Waals surface area contributed by atoms with Crippen LogP contribution in [0.15, 0.2) is 71.5 Å². The molecule has 5 aromatic rings. The number of fused-ring (bicyclic) bond motifs is 1. The van der Waals surface area contributed by atoms with Crippen LogP contribution in [0.5, 0.6) is 0 Å². The van der Waals surface area contributed by atoms with Crippen molar-refractivity contribution in [3.63, 3.8) is 0 Å². The highest BCUT2D eigenvalue weighted by Gasteiger charge is 2.21. The Morgan fingerprint density at radius 1 is 1.03 bits per heavy atom. The van der Waals surface area contributed by atoms with Gasteiger partial charge in [0, 0.05) is 12.4 Å². The molecule has 8 heteroatoms. The molecule has 3 aromatic heterocycles. The van der Waals surface area contributed by atoms with Gasteiger partial charge in [0.2, 0.25) is 0 Å². The number of nitrogens with zero attached hydrogens (tertiary/aromatic N) is 4. The SMILES string of the molecule is Cc1nn(Cc2ccccc2)c2sc(C(=O)Nc3c(C)n(C)n(-c4ccccc4)c3=O)cc12. The zero-order chi connectivity index (χ0) is 23.1. The van der Waals surface area contributed by atoms with Crippen molar-refractivity contribution in [2.45, 2.75) is 20.4 Å². The summed E-state index contributed by atoms with van der Waals surface area (Å²) < 4.78 is 5.23. The Balaban J connectivity index is 1.47. The summed E-state index contributed by atoms with van der Waals surface area (Å²) >= 11 is 1.38. The summed E-state index contributed by atoms with van der Waals surface area (Å²) in [6, 6.07) is 21.3. The average molecular weight is 458 g/mol. The summed E-state index contributed by atoms with van der Waals surface area (Å²) in [6.07, 6.45) is 0. The van der Waals surface area contributed by atoms with Gasteiger partial charge >= 0.3 is 0 Å². The highest BCUT2D eigenvalue weighted by molar-refractivity contribution is 7.20. The molecule has 166 valence electrons. The van der Waals surface area contributed by atoms with Gasteiger partial charge in [0.1, 0.15) is 10.5 Å². The van der Waals surface area contributed by atoms with Gasteiger partial charge in [-0.05, 0) is 37.6 Å². The lowest BCUT2D eigenvalue weighted by Gasteiger charge is -2.07. The van der Waals surface area contributed by atoms with Crippen molar-refractivity contribution in [1.82, 2.24) is 19.1 Å². The second kappa shape index (κ2) is 8.22. The molecule has 0 bridgehead atoms. The van der Waals surface area contributed by atoms with Crippen molar-refractivity contribution in [1.29, 1.82) is 0 Å². The average Bonchev–Trinajstić information content (AvgIpc) is 3.45. The highest BCUT2D eigenvalue weighted by atomic mass is 32.1. The van der Waals surface area contributed by atoms with E-state index in [4.69, 9.17) is 0 Å². The summed E-state index contributed by atoms with van der Waals surface area (Å²) in [5.41, 5.74) is 3.46. The van der Waals surface area contributed by atoms with Gasteiger partial charge in [0.25, 0.3) is 11.5 Å². The zero-order valence-electron chi connectivity index (χ0n) is 18.6. The number of anilines is 1. The summed E-state index contributed by atoms with van der Waals surface area (Å²) in [5, 5.41) is 8.45. The van der Waals surface area contributed by atoms with Gasteiger partial charge in [-0.2, -0.15) is 5.10 Å². The molecule has 1 amide bonds. The van der Waals surface area contributed by atoms with Gasteiger partial charge in [-0.15, -0.1) is 11.3 Å². The number of hydrogen-bond donors (Lipinski definition) is 1. The Morgan fingerprint density at radius 3 is 2.39 bits per heavy atom. The van der Waals surface area contributed by atoms with Crippen LogP contribution >= 0.6 is 11.3 Å². The molecule has 3 heterocycles. The van der Waals surface area contributed by atoms with Gasteiger partial charge in [-0.3, -0.25) is 19.0 Å². The molecule has 0 aliphatic carbocycles. The first-order valence-corrected chi connectivity index (χ1v) is 11.4. The molecule has 7 nitrogen and oxygen atoms in total. The summed E-state index contributed by atoms with van der Waals surface area (Å²) in [6.45, 7) is 4.40. The van der Waals surface area contributed by atoms with Crippen LogP contribution in [0, 0.1) is 13.8 Å². The van der Waals surface area contributed by atoms with E-state index in [0.717, 1.165) is 27.2 Å². The predicted molar refractivity (Wildman–Crippen MR) is 132 cm³/mol. The van der Waals surface area contributed by atoms with Crippen molar-refractivity contribution in [2.24, 2.45) is 7.05 Å². The maximum atomic E-state index is 13.1. The van der Waals surface area contributed by atoms with Crippen LogP contribution < -0.4 is 10.9 Å². The van der Waals surface area contributed by atoms with E-state index >= 15 is 0 Å². The Bertz CT molecular complexity index is 1520. The van der Waals surface area contributed by atoms with E-state index in [9.17, 15) is 9.59 Å². The summed E-state index contributed by atoms with van der Waals surface area (Å²) in [4.78, 5) is 27.7. The normalized spacial score (nSPS) is 11.2. The maximum Gasteiger partial charge on any atom is 0.295 e. The highest BCUT2D eigenvalue weighted by Crippen LogP contribution is 2.29. The van der Waals surface area contributed by atoms with E-state index in [-0.39, 0.29) is 17.2 Å². The van der Waals surface area contributed by atoms with Crippen molar-refractivity contribution in [2.75, 3.05) is 5.32 Å². The first-order valence-electron chi connectivity index (χ1n) is 10.6. The van der Waals surface area contributed by atoms with Crippen LogP contribution in [0.3, 0.4) is 0 Å². The molecule has 5 rings (SSSR count). The third kappa shape index (κ3) is 3.68. The van der Waals surface area contributed by atoms with Crippen LogP contribution in [0.1, 0.15) is 26.6 Å². The minimum atomic E-state index is -0.298. The van der Waals surface area contributed by atoms with Crippen LogP contribution in [-0.2, 0) is 13.6 Å². The van der Waals surface area contributed by atoms with Crippen molar-refractivity contribution >= 4 is 33.1 Å². The molecule has 33 heavy (non-hydrogen) atoms. The lowest BCUT2D eigenvalue weighted by Crippen LogP contribution is -2.22. The Labute approximate surface area is 194 Å². The molecule has 0 saturated carbocycles. The molecule has 0 fully saturated rings. The summed E-state index contributed by atoms with van der Waals surface area (Å²) in [7, 11) is 1.81. The van der Waals surface area contributed by atoms with Crippen LogP contribution in [0.2, 0.25) is 0 Å². The lowest BCUT2D eigenvalue weighted by atomic mass is 10.2. The molecular formula is C25H23N5O2S. The largest absolute Gasteiger partial charge is 0.315 e. The van der Waals surface area contributed by atoms with E-state index in [1.54, 1.807) is 16.4 Å². The number of rotatable bonds is 5. The minimum Gasteiger partial charge on any atom is -0.315 e. The molecule has 0 unspecified atom stereocenters. The zero-order valence-corrected chi connectivity index (χ0v) is 19.4. The Kier molecular flexibility index (Phi) is 5.22. The number of aryl methyl sites for hydroxylation is 1. The molecule has 0 spiro atoms. The topological polar surface area (TPSA) is 73.8 Å². The van der Waals surface area contributed by atoms with Gasteiger partial charge in [-0.25, -0.2) is 4.68 Å². The number of thiophene rings is 1. The standard InChI is InChI=1S/C25H23N5O2S/c1-16-20-14-21(33-25(20)29(27-16)15-18-10-6-4-7-11-18)23(31)26-22-17(2)28(3)30(24(22)32)19-12-8-5-9-13-19/h4-14H,15H2,1-3H3,(H,26,31). The van der Waals surface area contributed by atoms with Crippen LogP contribution in [0.25, 0.3) is 15.9 Å². The molecule has 0 aliphatic rings. The van der Waals surface area contributed by atoms with Gasteiger partial charge in [0.05, 0.1) is 28.5 Å². The van der Waals surface area contributed by atoms with E-state index < -0.39 is 0 Å². The van der Waals surface area contributed by atoms with Crippen molar-refractivity contribution < 1.29 is 4.79 Å². The number of benzene rings is 2. The van der Waals surface area contributed by atoms with E-state index in [1.807, 2.05) is 73.1 Å². The van der Waals surface area contributed by atoms with E-state index in [0.29, 0.717) is 17.1 Å². The fraction of sp³-hybridized carbons (Fsp3) is 0.160. The molecular weight excluding hydrogens is 434 g/mol. The number of amides is 1. The van der Waals surface area contributed by atoms with Crippen LogP contribution in [-0.4, -0.2) is 25.1 Å². The first-order chi connectivity index (χ1) is 15.9. The number of carbonyl (C=O) groups excluding carboxylic acids is 1. The van der Waals surface area contributed by atoms with Gasteiger partial charge < -0.3 is 5.32 Å². The molecule has 0 atom stereocenters. The summed E-state index contributed by atoms with van der Waals surface area (Å²) in [5.74, 6) is -0.298. The van der Waals surface area contributed by atoms with Crippen molar-refractivity contribution in [3.05, 3.63) is 98.9 Å². The number of nitrogens with one attached hydrogen (secondary N) is 1. The third-order valence-electron chi connectivity index (χ3n) is 5.80. The van der Waals surface area contributed by atoms with Gasteiger partial charge in [-0.1, -0.05) is 48.5 Å². The molecule has 0 saturated heterocycles.